The number of rotatable bonds is 1. The second-order valence-electron chi connectivity index (χ2n) is 2.85. The molecule has 0 aromatic heterocycles. The molecule has 1 rings (SSSR count). The quantitative estimate of drug-likeness (QED) is 0.505. The molecule has 0 bridgehead atoms. The van der Waals surface area contributed by atoms with Crippen molar-refractivity contribution in [2.45, 2.75) is 6.92 Å². The van der Waals surface area contributed by atoms with Crippen molar-refractivity contribution in [3.05, 3.63) is 35.4 Å². The van der Waals surface area contributed by atoms with Gasteiger partial charge in [-0.1, -0.05) is 30.0 Å². The molecule has 0 unspecified atom stereocenters. The molecule has 2 nitrogen and oxygen atoms in total. The first-order chi connectivity index (χ1) is 7.24. The van der Waals surface area contributed by atoms with Gasteiger partial charge in [-0.25, -0.2) is 4.79 Å². The summed E-state index contributed by atoms with van der Waals surface area (Å²) in [5, 5.41) is 0. The number of hydrogen-bond acceptors (Lipinski definition) is 2. The molecule has 0 amide bonds. The van der Waals surface area contributed by atoms with E-state index in [9.17, 15) is 4.79 Å². The van der Waals surface area contributed by atoms with Crippen molar-refractivity contribution in [1.29, 1.82) is 0 Å². The van der Waals surface area contributed by atoms with Crippen molar-refractivity contribution < 1.29 is 9.53 Å². The number of aryl methyl sites for hydroxylation is 1. The molecule has 0 fully saturated rings. The van der Waals surface area contributed by atoms with E-state index < -0.39 is 5.97 Å². The zero-order valence-electron chi connectivity index (χ0n) is 8.41. The van der Waals surface area contributed by atoms with Crippen LogP contribution in [0.15, 0.2) is 24.3 Å². The second-order valence-corrected chi connectivity index (χ2v) is 2.85. The summed E-state index contributed by atoms with van der Waals surface area (Å²) in [6.07, 6.45) is 4.93. The normalized spacial score (nSPS) is 8.27. The number of carbonyl (C=O) groups excluding carboxylic acids is 1. The number of terminal acetylenes is 1. The van der Waals surface area contributed by atoms with Gasteiger partial charge in [-0.3, -0.25) is 0 Å². The zero-order valence-corrected chi connectivity index (χ0v) is 8.41. The Morgan fingerprint density at radius 1 is 1.47 bits per heavy atom. The molecule has 74 valence electrons. The Labute approximate surface area is 89.3 Å². The smallest absolute Gasteiger partial charge is 0.385 e. The van der Waals surface area contributed by atoms with E-state index in [2.05, 4.69) is 22.5 Å². The molecular weight excluding hydrogens is 188 g/mol. The van der Waals surface area contributed by atoms with Gasteiger partial charge in [0.1, 0.15) is 0 Å². The minimum Gasteiger partial charge on any atom is -0.443 e. The first-order valence-corrected chi connectivity index (χ1v) is 4.42. The minimum absolute atomic E-state index is 0.0404. The Morgan fingerprint density at radius 2 is 2.20 bits per heavy atom. The van der Waals surface area contributed by atoms with Gasteiger partial charge in [-0.2, -0.15) is 0 Å². The third-order valence-corrected chi connectivity index (χ3v) is 1.73. The summed E-state index contributed by atoms with van der Waals surface area (Å²) in [6.45, 7) is 1.89. The number of carbonyl (C=O) groups is 1. The van der Waals surface area contributed by atoms with Crippen LogP contribution in [-0.4, -0.2) is 12.6 Å². The summed E-state index contributed by atoms with van der Waals surface area (Å²) < 4.78 is 4.60. The van der Waals surface area contributed by atoms with Crippen LogP contribution in [-0.2, 0) is 9.53 Å². The fourth-order valence-corrected chi connectivity index (χ4v) is 0.975. The third kappa shape index (κ3) is 3.58. The molecule has 1 aromatic rings. The van der Waals surface area contributed by atoms with E-state index >= 15 is 0 Å². The second kappa shape index (κ2) is 5.52. The van der Waals surface area contributed by atoms with Crippen LogP contribution in [0.25, 0.3) is 0 Å². The van der Waals surface area contributed by atoms with E-state index in [-0.39, 0.29) is 6.61 Å². The maximum atomic E-state index is 11.0. The van der Waals surface area contributed by atoms with Crippen LogP contribution in [0.4, 0.5) is 0 Å². The van der Waals surface area contributed by atoms with Gasteiger partial charge in [0.05, 0.1) is 0 Å². The fraction of sp³-hybridized carbons (Fsp3) is 0.154. The molecule has 15 heavy (non-hydrogen) atoms. The summed E-state index contributed by atoms with van der Waals surface area (Å²) in [7, 11) is 0. The molecule has 0 aliphatic rings. The van der Waals surface area contributed by atoms with E-state index in [0.717, 1.165) is 11.1 Å². The van der Waals surface area contributed by atoms with E-state index in [1.54, 1.807) is 0 Å². The van der Waals surface area contributed by atoms with Gasteiger partial charge in [-0.15, -0.1) is 6.42 Å². The van der Waals surface area contributed by atoms with E-state index in [1.165, 1.54) is 0 Å². The van der Waals surface area contributed by atoms with Crippen molar-refractivity contribution in [1.82, 2.24) is 0 Å². The Hall–Kier alpha value is -2.19. The zero-order chi connectivity index (χ0) is 11.1. The summed E-state index contributed by atoms with van der Waals surface area (Å²) in [4.78, 5) is 11.0. The van der Waals surface area contributed by atoms with Crippen LogP contribution in [0, 0.1) is 31.1 Å². The van der Waals surface area contributed by atoms with Crippen LogP contribution >= 0.6 is 0 Å². The summed E-state index contributed by atoms with van der Waals surface area (Å²) >= 11 is 0. The number of benzene rings is 1. The number of esters is 1. The average Bonchev–Trinajstić information content (AvgIpc) is 2.25. The lowest BCUT2D eigenvalue weighted by Crippen LogP contribution is -2.00. The highest BCUT2D eigenvalue weighted by molar-refractivity contribution is 5.89. The van der Waals surface area contributed by atoms with Crippen LogP contribution in [0.1, 0.15) is 11.1 Å². The van der Waals surface area contributed by atoms with Crippen molar-refractivity contribution in [3.8, 4) is 24.2 Å². The van der Waals surface area contributed by atoms with Crippen molar-refractivity contribution >= 4 is 5.97 Å². The lowest BCUT2D eigenvalue weighted by molar-refractivity contribution is -0.135. The maximum Gasteiger partial charge on any atom is 0.385 e. The highest BCUT2D eigenvalue weighted by Crippen LogP contribution is 2.04. The predicted molar refractivity (Wildman–Crippen MR) is 57.8 cm³/mol. The van der Waals surface area contributed by atoms with Crippen molar-refractivity contribution in [2.24, 2.45) is 0 Å². The SMILES string of the molecule is C#CCOC(=O)C#Cc1ccccc1C. The Kier molecular flexibility index (Phi) is 4.01. The van der Waals surface area contributed by atoms with E-state index in [1.807, 2.05) is 31.2 Å². The van der Waals surface area contributed by atoms with Crippen LogP contribution < -0.4 is 0 Å². The Balaban J connectivity index is 2.70. The van der Waals surface area contributed by atoms with Crippen LogP contribution in [0.2, 0.25) is 0 Å². The van der Waals surface area contributed by atoms with Crippen molar-refractivity contribution in [3.63, 3.8) is 0 Å². The predicted octanol–water partition coefficient (Wildman–Crippen LogP) is 1.52. The molecule has 0 spiro atoms. The first-order valence-electron chi connectivity index (χ1n) is 4.42. The highest BCUT2D eigenvalue weighted by atomic mass is 16.5. The van der Waals surface area contributed by atoms with Crippen LogP contribution in [0.5, 0.6) is 0 Å². The molecule has 0 saturated carbocycles. The summed E-state index contributed by atoms with van der Waals surface area (Å²) in [5.41, 5.74) is 1.84. The molecule has 0 saturated heterocycles. The van der Waals surface area contributed by atoms with Crippen LogP contribution in [0.3, 0.4) is 0 Å². The monoisotopic (exact) mass is 198 g/mol. The molecule has 0 radical (unpaired) electrons. The maximum absolute atomic E-state index is 11.0. The first kappa shape index (κ1) is 10.9. The van der Waals surface area contributed by atoms with Gasteiger partial charge >= 0.3 is 5.97 Å². The molecule has 0 N–H and O–H groups in total. The van der Waals surface area contributed by atoms with Gasteiger partial charge in [-0.05, 0) is 18.6 Å². The van der Waals surface area contributed by atoms with E-state index in [4.69, 9.17) is 6.42 Å². The topological polar surface area (TPSA) is 26.3 Å². The lowest BCUT2D eigenvalue weighted by atomic mass is 10.1. The Bertz CT molecular complexity index is 455. The highest BCUT2D eigenvalue weighted by Gasteiger charge is 1.95. The van der Waals surface area contributed by atoms with Gasteiger partial charge in [0.25, 0.3) is 0 Å². The minimum atomic E-state index is -0.601. The molecule has 0 aliphatic heterocycles. The molecule has 2 heteroatoms. The lowest BCUT2D eigenvalue weighted by Gasteiger charge is -1.95. The molecule has 0 atom stereocenters. The standard InChI is InChI=1S/C13H10O2/c1-3-10-15-13(14)9-8-12-7-5-4-6-11(12)2/h1,4-7H,10H2,2H3. The van der Waals surface area contributed by atoms with Gasteiger partial charge in [0.15, 0.2) is 6.61 Å². The van der Waals surface area contributed by atoms with Gasteiger partial charge in [0.2, 0.25) is 0 Å². The largest absolute Gasteiger partial charge is 0.443 e. The number of ether oxygens (including phenoxy) is 1. The third-order valence-electron chi connectivity index (χ3n) is 1.73. The molecule has 0 heterocycles. The van der Waals surface area contributed by atoms with Gasteiger partial charge in [0, 0.05) is 11.5 Å². The molecular formula is C13H10O2. The van der Waals surface area contributed by atoms with Crippen molar-refractivity contribution in [2.75, 3.05) is 6.61 Å². The fourth-order valence-electron chi connectivity index (χ4n) is 0.975. The van der Waals surface area contributed by atoms with Gasteiger partial charge < -0.3 is 4.74 Å². The summed E-state index contributed by atoms with van der Waals surface area (Å²) in [6, 6.07) is 7.55. The molecule has 0 aliphatic carbocycles. The Morgan fingerprint density at radius 3 is 2.87 bits per heavy atom. The average molecular weight is 198 g/mol. The van der Waals surface area contributed by atoms with E-state index in [0.29, 0.717) is 0 Å². The number of hydrogen-bond donors (Lipinski definition) is 0. The molecule has 1 aromatic carbocycles. The summed E-state index contributed by atoms with van der Waals surface area (Å²) in [5.74, 6) is 6.69.